The Kier molecular flexibility index (Phi) is 11.3. The normalized spacial score (nSPS) is 36.2. The van der Waals surface area contributed by atoms with Gasteiger partial charge in [-0.15, -0.1) is 0 Å². The average molecular weight is 610 g/mol. The number of carbonyl (C=O) groups excluding carboxylic acids is 3. The molecular formula is C32H55N3O8. The number of nitrogens with two attached hydrogens (primary N) is 3. The van der Waals surface area contributed by atoms with Gasteiger partial charge in [-0.05, 0) is 87.4 Å². The van der Waals surface area contributed by atoms with Crippen molar-refractivity contribution < 1.29 is 38.5 Å². The van der Waals surface area contributed by atoms with Crippen molar-refractivity contribution in [1.29, 1.82) is 0 Å². The van der Waals surface area contributed by atoms with Crippen molar-refractivity contribution in [3.8, 4) is 0 Å². The molecule has 0 heterocycles. The van der Waals surface area contributed by atoms with Gasteiger partial charge in [-0.25, -0.2) is 0 Å². The minimum absolute atomic E-state index is 0.000840. The van der Waals surface area contributed by atoms with Crippen molar-refractivity contribution in [2.24, 2.45) is 63.5 Å². The first kappa shape index (κ1) is 35.2. The monoisotopic (exact) mass is 609 g/mol. The van der Waals surface area contributed by atoms with Crippen LogP contribution in [-0.4, -0.2) is 66.4 Å². The molecule has 11 heteroatoms. The van der Waals surface area contributed by atoms with Crippen LogP contribution in [0, 0.1) is 46.3 Å². The van der Waals surface area contributed by atoms with Crippen LogP contribution >= 0.6 is 0 Å². The summed E-state index contributed by atoms with van der Waals surface area (Å²) >= 11 is 0. The highest BCUT2D eigenvalue weighted by Crippen LogP contribution is 2.68. The second-order valence-corrected chi connectivity index (χ2v) is 14.3. The zero-order valence-corrected chi connectivity index (χ0v) is 26.9. The fourth-order valence-electron chi connectivity index (χ4n) is 9.53. The van der Waals surface area contributed by atoms with Gasteiger partial charge in [-0.3, -0.25) is 19.2 Å². The van der Waals surface area contributed by atoms with Gasteiger partial charge in [-0.2, -0.15) is 0 Å². The minimum atomic E-state index is -0.827. The Hall–Kier alpha value is -2.24. The summed E-state index contributed by atoms with van der Waals surface area (Å²) < 4.78 is 18.1. The van der Waals surface area contributed by atoms with Gasteiger partial charge >= 0.3 is 23.9 Å². The molecule has 3 unspecified atom stereocenters. The van der Waals surface area contributed by atoms with E-state index in [1.807, 2.05) is 13.8 Å². The van der Waals surface area contributed by atoms with E-state index < -0.39 is 47.1 Å². The number of carbonyl (C=O) groups is 4. The summed E-state index contributed by atoms with van der Waals surface area (Å²) in [5.41, 5.74) is 15.5. The lowest BCUT2D eigenvalue weighted by Crippen LogP contribution is -2.63. The Morgan fingerprint density at radius 2 is 1.53 bits per heavy atom. The van der Waals surface area contributed by atoms with E-state index in [1.54, 1.807) is 0 Å². The van der Waals surface area contributed by atoms with Crippen LogP contribution in [0.25, 0.3) is 0 Å². The van der Waals surface area contributed by atoms with Crippen LogP contribution in [0.1, 0.15) is 92.9 Å². The first-order chi connectivity index (χ1) is 20.1. The number of carboxylic acids is 1. The Bertz CT molecular complexity index is 1040. The lowest BCUT2D eigenvalue weighted by Gasteiger charge is -2.63. The second kappa shape index (κ2) is 13.8. The van der Waals surface area contributed by atoms with Crippen LogP contribution in [0.15, 0.2) is 0 Å². The van der Waals surface area contributed by atoms with E-state index in [9.17, 15) is 24.3 Å². The Morgan fingerprint density at radius 1 is 0.930 bits per heavy atom. The SMILES string of the molecule is CC[C@@]1(C)C(CC(C)(C)OC(=O)CN)C[C@@H](OC(=O)CN)C2[C@@H]3CCC([C@H](C)CCC(=O)O)[C@@]3(C)[C@@H](OC(=O)CN)C[C@@H]21. The summed E-state index contributed by atoms with van der Waals surface area (Å²) in [4.78, 5) is 49.1. The lowest BCUT2D eigenvalue weighted by atomic mass is 9.44. The average Bonchev–Trinajstić information content (AvgIpc) is 3.31. The second-order valence-electron chi connectivity index (χ2n) is 14.3. The number of carboxylic acid groups (broad SMARTS) is 1. The minimum Gasteiger partial charge on any atom is -0.481 e. The molecule has 11 nitrogen and oxygen atoms in total. The molecule has 0 aromatic rings. The molecule has 7 N–H and O–H groups in total. The molecule has 0 saturated heterocycles. The van der Waals surface area contributed by atoms with Crippen LogP contribution in [0.5, 0.6) is 0 Å². The molecule has 0 aliphatic heterocycles. The predicted octanol–water partition coefficient (Wildman–Crippen LogP) is 3.00. The fourth-order valence-corrected chi connectivity index (χ4v) is 9.53. The molecule has 246 valence electrons. The van der Waals surface area contributed by atoms with Crippen LogP contribution in [0.2, 0.25) is 0 Å². The number of rotatable bonds is 13. The van der Waals surface area contributed by atoms with Crippen molar-refractivity contribution in [3.05, 3.63) is 0 Å². The molecule has 3 rings (SSSR count). The number of ether oxygens (including phenoxy) is 3. The van der Waals surface area contributed by atoms with Gasteiger partial charge < -0.3 is 36.5 Å². The van der Waals surface area contributed by atoms with Crippen LogP contribution in [-0.2, 0) is 33.4 Å². The predicted molar refractivity (Wildman–Crippen MR) is 160 cm³/mol. The van der Waals surface area contributed by atoms with Crippen LogP contribution < -0.4 is 17.2 Å². The molecule has 0 aromatic heterocycles. The van der Waals surface area contributed by atoms with E-state index in [1.165, 1.54) is 0 Å². The standard InChI is InChI=1S/C32H55N3O8/c1-7-31(5)19(14-30(3,4)43-28(40)17-35)12-23(41-26(38)15-33)29-21-10-9-20(18(2)8-11-25(36)37)32(21,6)24(13-22(29)31)42-27(39)16-34/h18-24,29H,7-17,33-35H2,1-6H3,(H,36,37)/t18-,19?,20?,21+,22+,23-,24+,29?,31+,32-/m1/s1. The third-order valence-electron chi connectivity index (χ3n) is 11.7. The van der Waals surface area contributed by atoms with Crippen molar-refractivity contribution in [2.75, 3.05) is 19.6 Å². The molecular weight excluding hydrogens is 554 g/mol. The van der Waals surface area contributed by atoms with Gasteiger partial charge in [0.25, 0.3) is 0 Å². The van der Waals surface area contributed by atoms with E-state index in [4.69, 9.17) is 31.4 Å². The fraction of sp³-hybridized carbons (Fsp3) is 0.875. The molecule has 3 saturated carbocycles. The molecule has 3 fully saturated rings. The topological polar surface area (TPSA) is 194 Å². The zero-order chi connectivity index (χ0) is 32.3. The lowest BCUT2D eigenvalue weighted by molar-refractivity contribution is -0.220. The summed E-state index contributed by atoms with van der Waals surface area (Å²) in [5.74, 6) is -1.86. The van der Waals surface area contributed by atoms with E-state index in [0.717, 1.165) is 19.3 Å². The number of fused-ring (bicyclic) bond motifs is 3. The molecule has 0 bridgehead atoms. The van der Waals surface area contributed by atoms with E-state index >= 15 is 0 Å². The number of hydrogen-bond acceptors (Lipinski definition) is 10. The highest BCUT2D eigenvalue weighted by Gasteiger charge is 2.67. The number of hydrogen-bond donors (Lipinski definition) is 4. The van der Waals surface area contributed by atoms with Gasteiger partial charge in [-0.1, -0.05) is 34.1 Å². The largest absolute Gasteiger partial charge is 0.481 e. The van der Waals surface area contributed by atoms with Gasteiger partial charge in [0.05, 0.1) is 19.6 Å². The smallest absolute Gasteiger partial charge is 0.320 e. The van der Waals surface area contributed by atoms with Gasteiger partial charge in [0.1, 0.15) is 17.8 Å². The van der Waals surface area contributed by atoms with Gasteiger partial charge in [0, 0.05) is 17.8 Å². The molecule has 10 atom stereocenters. The van der Waals surface area contributed by atoms with E-state index in [-0.39, 0.29) is 67.0 Å². The Balaban J connectivity index is 2.10. The Morgan fingerprint density at radius 3 is 2.09 bits per heavy atom. The molecule has 0 aromatic carbocycles. The zero-order valence-electron chi connectivity index (χ0n) is 26.9. The summed E-state index contributed by atoms with van der Waals surface area (Å²) in [6.07, 6.45) is 4.06. The first-order valence-electron chi connectivity index (χ1n) is 16.0. The van der Waals surface area contributed by atoms with Crippen molar-refractivity contribution >= 4 is 23.9 Å². The van der Waals surface area contributed by atoms with Gasteiger partial charge in [0.15, 0.2) is 0 Å². The number of esters is 3. The van der Waals surface area contributed by atoms with Crippen molar-refractivity contribution in [1.82, 2.24) is 0 Å². The highest BCUT2D eigenvalue weighted by molar-refractivity contribution is 5.72. The maximum Gasteiger partial charge on any atom is 0.320 e. The quantitative estimate of drug-likeness (QED) is 0.177. The number of aliphatic carboxylic acids is 1. The van der Waals surface area contributed by atoms with Crippen molar-refractivity contribution in [3.63, 3.8) is 0 Å². The van der Waals surface area contributed by atoms with Gasteiger partial charge in [0.2, 0.25) is 0 Å². The van der Waals surface area contributed by atoms with Crippen LogP contribution in [0.4, 0.5) is 0 Å². The molecule has 3 aliphatic rings. The maximum absolute atomic E-state index is 12.8. The van der Waals surface area contributed by atoms with E-state index in [0.29, 0.717) is 25.7 Å². The summed E-state index contributed by atoms with van der Waals surface area (Å²) in [5, 5.41) is 9.38. The summed E-state index contributed by atoms with van der Waals surface area (Å²) in [6, 6.07) is 0. The first-order valence-corrected chi connectivity index (χ1v) is 16.0. The molecule has 0 radical (unpaired) electrons. The maximum atomic E-state index is 12.8. The molecule has 0 spiro atoms. The van der Waals surface area contributed by atoms with Crippen LogP contribution in [0.3, 0.4) is 0 Å². The Labute approximate surface area is 256 Å². The van der Waals surface area contributed by atoms with E-state index in [2.05, 4.69) is 27.7 Å². The van der Waals surface area contributed by atoms with Crippen molar-refractivity contribution in [2.45, 2.75) is 111 Å². The molecule has 43 heavy (non-hydrogen) atoms. The highest BCUT2D eigenvalue weighted by atomic mass is 16.6. The molecule has 0 amide bonds. The summed E-state index contributed by atoms with van der Waals surface area (Å²) in [6.45, 7) is 11.8. The molecule has 3 aliphatic carbocycles. The third-order valence-corrected chi connectivity index (χ3v) is 11.7. The summed E-state index contributed by atoms with van der Waals surface area (Å²) in [7, 11) is 0. The third kappa shape index (κ3) is 7.20.